The third-order valence-corrected chi connectivity index (χ3v) is 3.36. The van der Waals surface area contributed by atoms with E-state index >= 15 is 0 Å². The molecule has 0 aliphatic carbocycles. The smallest absolute Gasteiger partial charge is 0.343 e. The van der Waals surface area contributed by atoms with Gasteiger partial charge in [0.15, 0.2) is 5.65 Å². The zero-order valence-electron chi connectivity index (χ0n) is 12.4. The number of amides is 1. The van der Waals surface area contributed by atoms with Crippen LogP contribution in [0.25, 0.3) is 11.0 Å². The van der Waals surface area contributed by atoms with Gasteiger partial charge in [-0.25, -0.2) is 9.67 Å². The van der Waals surface area contributed by atoms with Gasteiger partial charge in [0, 0.05) is 11.6 Å². The first-order valence-electron chi connectivity index (χ1n) is 7.13. The van der Waals surface area contributed by atoms with E-state index in [1.165, 1.54) is 18.5 Å². The van der Waals surface area contributed by atoms with Crippen LogP contribution in [0.4, 0.5) is 13.2 Å². The topological polar surface area (TPSA) is 59.8 Å². The van der Waals surface area contributed by atoms with Gasteiger partial charge in [-0.1, -0.05) is 30.3 Å². The zero-order chi connectivity index (χ0) is 17.2. The van der Waals surface area contributed by atoms with Gasteiger partial charge in [-0.05, 0) is 11.6 Å². The van der Waals surface area contributed by atoms with Crippen LogP contribution in [0, 0.1) is 0 Å². The van der Waals surface area contributed by atoms with Crippen molar-refractivity contribution in [1.29, 1.82) is 0 Å². The van der Waals surface area contributed by atoms with Crippen molar-refractivity contribution in [3.05, 3.63) is 59.9 Å². The van der Waals surface area contributed by atoms with Gasteiger partial charge in [0.25, 0.3) is 5.91 Å². The molecule has 3 rings (SSSR count). The lowest BCUT2D eigenvalue weighted by Gasteiger charge is -2.08. The number of rotatable bonds is 4. The van der Waals surface area contributed by atoms with E-state index in [9.17, 15) is 18.0 Å². The molecular formula is C16H13F3N4O. The average Bonchev–Trinajstić information content (AvgIpc) is 2.95. The quantitative estimate of drug-likeness (QED) is 0.798. The summed E-state index contributed by atoms with van der Waals surface area (Å²) in [7, 11) is 0. The van der Waals surface area contributed by atoms with Crippen molar-refractivity contribution in [2.24, 2.45) is 0 Å². The summed E-state index contributed by atoms with van der Waals surface area (Å²) in [4.78, 5) is 15.9. The molecule has 3 aromatic rings. The Bertz CT molecular complexity index is 859. The largest absolute Gasteiger partial charge is 0.405 e. The van der Waals surface area contributed by atoms with Crippen LogP contribution in [0.5, 0.6) is 0 Å². The number of fused-ring (bicyclic) bond motifs is 1. The molecule has 0 bridgehead atoms. The number of nitrogens with one attached hydrogen (secondary N) is 1. The Morgan fingerprint density at radius 1 is 1.17 bits per heavy atom. The second-order valence-electron chi connectivity index (χ2n) is 5.22. The van der Waals surface area contributed by atoms with Crippen molar-refractivity contribution in [2.45, 2.75) is 12.7 Å². The van der Waals surface area contributed by atoms with Crippen LogP contribution in [-0.2, 0) is 6.54 Å². The van der Waals surface area contributed by atoms with Gasteiger partial charge in [-0.15, -0.1) is 0 Å². The minimum Gasteiger partial charge on any atom is -0.343 e. The molecule has 24 heavy (non-hydrogen) atoms. The molecule has 1 aromatic carbocycles. The van der Waals surface area contributed by atoms with Crippen molar-refractivity contribution in [1.82, 2.24) is 20.1 Å². The summed E-state index contributed by atoms with van der Waals surface area (Å²) in [6, 6.07) is 11.1. The molecule has 5 nitrogen and oxygen atoms in total. The molecule has 124 valence electrons. The summed E-state index contributed by atoms with van der Waals surface area (Å²) in [5, 5.41) is 6.63. The Balaban J connectivity index is 1.79. The Morgan fingerprint density at radius 2 is 1.92 bits per heavy atom. The lowest BCUT2D eigenvalue weighted by atomic mass is 10.2. The maximum Gasteiger partial charge on any atom is 0.405 e. The van der Waals surface area contributed by atoms with Crippen LogP contribution in [0.15, 0.2) is 48.8 Å². The fraction of sp³-hybridized carbons (Fsp3) is 0.188. The average molecular weight is 334 g/mol. The Kier molecular flexibility index (Phi) is 4.20. The number of benzene rings is 1. The SMILES string of the molecule is O=C(NCC(F)(F)F)c1cnc2c(cnn2Cc2ccccc2)c1. The van der Waals surface area contributed by atoms with Crippen LogP contribution in [0.2, 0.25) is 0 Å². The number of alkyl halides is 3. The molecule has 2 aromatic heterocycles. The molecule has 0 spiro atoms. The van der Waals surface area contributed by atoms with E-state index in [0.717, 1.165) is 5.56 Å². The van der Waals surface area contributed by atoms with Gasteiger partial charge in [0.2, 0.25) is 0 Å². The molecule has 0 fully saturated rings. The predicted molar refractivity (Wildman–Crippen MR) is 81.5 cm³/mol. The lowest BCUT2D eigenvalue weighted by molar-refractivity contribution is -0.123. The maximum absolute atomic E-state index is 12.2. The third-order valence-electron chi connectivity index (χ3n) is 3.36. The van der Waals surface area contributed by atoms with Crippen molar-refractivity contribution < 1.29 is 18.0 Å². The summed E-state index contributed by atoms with van der Waals surface area (Å²) in [6.07, 6.45) is -1.67. The molecule has 1 amide bonds. The van der Waals surface area contributed by atoms with Gasteiger partial charge in [0.05, 0.1) is 18.3 Å². The number of hydrogen-bond donors (Lipinski definition) is 1. The highest BCUT2D eigenvalue weighted by molar-refractivity contribution is 5.96. The highest BCUT2D eigenvalue weighted by atomic mass is 19.4. The van der Waals surface area contributed by atoms with Crippen LogP contribution >= 0.6 is 0 Å². The van der Waals surface area contributed by atoms with Crippen LogP contribution < -0.4 is 5.32 Å². The second kappa shape index (κ2) is 6.31. The van der Waals surface area contributed by atoms with Crippen LogP contribution in [0.1, 0.15) is 15.9 Å². The minimum absolute atomic E-state index is 0.0611. The summed E-state index contributed by atoms with van der Waals surface area (Å²) in [6.45, 7) is -0.867. The molecule has 0 unspecified atom stereocenters. The number of hydrogen-bond acceptors (Lipinski definition) is 3. The molecule has 0 radical (unpaired) electrons. The van der Waals surface area contributed by atoms with Crippen molar-refractivity contribution in [3.63, 3.8) is 0 Å². The van der Waals surface area contributed by atoms with Gasteiger partial charge >= 0.3 is 6.18 Å². The van der Waals surface area contributed by atoms with Crippen LogP contribution in [-0.4, -0.2) is 33.4 Å². The van der Waals surface area contributed by atoms with E-state index in [1.54, 1.807) is 4.68 Å². The first kappa shape index (κ1) is 16.0. The molecule has 0 atom stereocenters. The maximum atomic E-state index is 12.2. The number of carbonyl (C=O) groups is 1. The number of carbonyl (C=O) groups excluding carboxylic acids is 1. The fourth-order valence-corrected chi connectivity index (χ4v) is 2.25. The van der Waals surface area contributed by atoms with E-state index in [1.807, 2.05) is 35.6 Å². The number of nitrogens with zero attached hydrogens (tertiary/aromatic N) is 3. The first-order valence-corrected chi connectivity index (χ1v) is 7.13. The monoisotopic (exact) mass is 334 g/mol. The second-order valence-corrected chi connectivity index (χ2v) is 5.22. The molecule has 0 aliphatic heterocycles. The van der Waals surface area contributed by atoms with E-state index in [0.29, 0.717) is 17.6 Å². The molecule has 0 aliphatic rings. The summed E-state index contributed by atoms with van der Waals surface area (Å²) >= 11 is 0. The standard InChI is InChI=1S/C16H13F3N4O/c17-16(18,19)10-21-15(24)13-6-12-8-22-23(14(12)20-7-13)9-11-4-2-1-3-5-11/h1-8H,9-10H2,(H,21,24). The molecule has 2 heterocycles. The normalized spacial score (nSPS) is 11.6. The Hall–Kier alpha value is -2.90. The predicted octanol–water partition coefficient (Wildman–Crippen LogP) is 2.77. The summed E-state index contributed by atoms with van der Waals surface area (Å²) in [5.41, 5.74) is 1.66. The first-order chi connectivity index (χ1) is 11.4. The van der Waals surface area contributed by atoms with Crippen molar-refractivity contribution in [3.8, 4) is 0 Å². The van der Waals surface area contributed by atoms with Gasteiger partial charge in [0.1, 0.15) is 6.54 Å². The third kappa shape index (κ3) is 3.70. The molecular weight excluding hydrogens is 321 g/mol. The molecule has 1 N–H and O–H groups in total. The fourth-order valence-electron chi connectivity index (χ4n) is 2.25. The van der Waals surface area contributed by atoms with Crippen LogP contribution in [0.3, 0.4) is 0 Å². The van der Waals surface area contributed by atoms with Crippen molar-refractivity contribution in [2.75, 3.05) is 6.54 Å². The van der Waals surface area contributed by atoms with Gasteiger partial charge in [-0.3, -0.25) is 4.79 Å². The van der Waals surface area contributed by atoms with E-state index < -0.39 is 18.6 Å². The zero-order valence-corrected chi connectivity index (χ0v) is 12.4. The van der Waals surface area contributed by atoms with Gasteiger partial charge < -0.3 is 5.32 Å². The van der Waals surface area contributed by atoms with E-state index in [-0.39, 0.29) is 5.56 Å². The number of aromatic nitrogens is 3. The minimum atomic E-state index is -4.45. The Labute approximate surface area is 135 Å². The number of pyridine rings is 1. The van der Waals surface area contributed by atoms with E-state index in [2.05, 4.69) is 10.1 Å². The molecule has 8 heteroatoms. The van der Waals surface area contributed by atoms with Crippen molar-refractivity contribution >= 4 is 16.9 Å². The summed E-state index contributed by atoms with van der Waals surface area (Å²) < 4.78 is 38.1. The lowest BCUT2D eigenvalue weighted by Crippen LogP contribution is -2.33. The highest BCUT2D eigenvalue weighted by Gasteiger charge is 2.28. The summed E-state index contributed by atoms with van der Waals surface area (Å²) in [5.74, 6) is -0.822. The van der Waals surface area contributed by atoms with E-state index in [4.69, 9.17) is 0 Å². The highest BCUT2D eigenvalue weighted by Crippen LogP contribution is 2.16. The van der Waals surface area contributed by atoms with Gasteiger partial charge in [-0.2, -0.15) is 18.3 Å². The molecule has 0 saturated heterocycles. The number of halogens is 3. The molecule has 0 saturated carbocycles. The Morgan fingerprint density at radius 3 is 2.62 bits per heavy atom.